The molecule has 2 N–H and O–H groups in total. The summed E-state index contributed by atoms with van der Waals surface area (Å²) in [6.45, 7) is 0. The highest BCUT2D eigenvalue weighted by Crippen LogP contribution is 2.34. The molecule has 250 valence electrons. The third-order valence-corrected chi connectivity index (χ3v) is 9.15. The van der Waals surface area contributed by atoms with Crippen molar-refractivity contribution in [1.82, 2.24) is 15.0 Å². The summed E-state index contributed by atoms with van der Waals surface area (Å²) in [6.07, 6.45) is 3.80. The maximum absolute atomic E-state index is 10.0. The number of oxime groups is 1. The molecular formula is C46H30N6O. The lowest BCUT2D eigenvalue weighted by Gasteiger charge is -2.18. The van der Waals surface area contributed by atoms with Crippen molar-refractivity contribution >= 4 is 22.6 Å². The van der Waals surface area contributed by atoms with Gasteiger partial charge in [-0.05, 0) is 51.6 Å². The van der Waals surface area contributed by atoms with Gasteiger partial charge in [-0.15, -0.1) is 0 Å². The standard InChI is InChI=1S/C46H30N6O/c47-29-30-11-9-17-36(27-30)38-19-7-8-20-41(38)46-50-44(33-14-5-2-6-15-33)49-45(51-46)34-23-21-31(22-24-34)35-16-10-18-37(28-35)40-26-25-39(42(48)43(40)52-53)32-12-3-1-4-13-32/h1-28,48,53H/b48-42?,52-43-. The summed E-state index contributed by atoms with van der Waals surface area (Å²) in [5, 5.41) is 31.9. The molecular weight excluding hydrogens is 653 g/mol. The molecule has 0 radical (unpaired) electrons. The lowest BCUT2D eigenvalue weighted by atomic mass is 9.86. The van der Waals surface area contributed by atoms with Crippen LogP contribution in [0, 0.1) is 16.7 Å². The Labute approximate surface area is 306 Å². The van der Waals surface area contributed by atoms with Crippen LogP contribution >= 0.6 is 0 Å². The Balaban J connectivity index is 1.16. The van der Waals surface area contributed by atoms with Crippen LogP contribution in [0.1, 0.15) is 16.7 Å². The van der Waals surface area contributed by atoms with Crippen molar-refractivity contribution in [1.29, 1.82) is 10.7 Å². The molecule has 0 unspecified atom stereocenters. The molecule has 7 aromatic rings. The Morgan fingerprint density at radius 2 is 1.00 bits per heavy atom. The zero-order valence-electron chi connectivity index (χ0n) is 28.3. The van der Waals surface area contributed by atoms with Gasteiger partial charge in [0, 0.05) is 27.8 Å². The Morgan fingerprint density at radius 1 is 0.472 bits per heavy atom. The summed E-state index contributed by atoms with van der Waals surface area (Å²) in [5.74, 6) is 1.62. The Hall–Kier alpha value is -7.56. The molecule has 1 heterocycles. The third-order valence-electron chi connectivity index (χ3n) is 9.15. The van der Waals surface area contributed by atoms with Crippen molar-refractivity contribution in [2.75, 3.05) is 0 Å². The summed E-state index contributed by atoms with van der Waals surface area (Å²) in [7, 11) is 0. The first kappa shape index (κ1) is 32.6. The first-order chi connectivity index (χ1) is 26.1. The van der Waals surface area contributed by atoms with Gasteiger partial charge in [0.25, 0.3) is 0 Å². The molecule has 1 aromatic heterocycles. The first-order valence-electron chi connectivity index (χ1n) is 17.0. The van der Waals surface area contributed by atoms with Crippen LogP contribution in [-0.2, 0) is 0 Å². The molecule has 7 heteroatoms. The number of hydrogen-bond acceptors (Lipinski definition) is 7. The Kier molecular flexibility index (Phi) is 8.84. The van der Waals surface area contributed by atoms with Crippen molar-refractivity contribution in [2.45, 2.75) is 0 Å². The van der Waals surface area contributed by atoms with Gasteiger partial charge >= 0.3 is 0 Å². The van der Waals surface area contributed by atoms with Crippen LogP contribution in [0.25, 0.3) is 67.6 Å². The van der Waals surface area contributed by atoms with Crippen LogP contribution in [0.5, 0.6) is 0 Å². The molecule has 0 saturated carbocycles. The molecule has 1 aliphatic rings. The predicted molar refractivity (Wildman–Crippen MR) is 211 cm³/mol. The summed E-state index contributed by atoms with van der Waals surface area (Å²) < 4.78 is 0. The quantitative estimate of drug-likeness (QED) is 0.0985. The van der Waals surface area contributed by atoms with Gasteiger partial charge in [-0.3, -0.25) is 5.41 Å². The molecule has 53 heavy (non-hydrogen) atoms. The van der Waals surface area contributed by atoms with Gasteiger partial charge in [-0.25, -0.2) is 15.0 Å². The van der Waals surface area contributed by atoms with Crippen LogP contribution in [0.3, 0.4) is 0 Å². The van der Waals surface area contributed by atoms with Gasteiger partial charge in [0.2, 0.25) is 0 Å². The van der Waals surface area contributed by atoms with Crippen molar-refractivity contribution in [3.8, 4) is 62.5 Å². The zero-order valence-corrected chi connectivity index (χ0v) is 28.3. The molecule has 0 atom stereocenters. The molecule has 1 aliphatic carbocycles. The number of nitrogens with one attached hydrogen (secondary N) is 1. The van der Waals surface area contributed by atoms with E-state index in [1.165, 1.54) is 0 Å². The summed E-state index contributed by atoms with van der Waals surface area (Å²) in [4.78, 5) is 14.9. The van der Waals surface area contributed by atoms with E-state index in [0.29, 0.717) is 34.2 Å². The van der Waals surface area contributed by atoms with Crippen LogP contribution in [0.2, 0.25) is 0 Å². The van der Waals surface area contributed by atoms with E-state index < -0.39 is 0 Å². The fourth-order valence-electron chi connectivity index (χ4n) is 6.49. The van der Waals surface area contributed by atoms with E-state index in [1.807, 2.05) is 164 Å². The fourth-order valence-corrected chi connectivity index (χ4v) is 6.49. The van der Waals surface area contributed by atoms with Gasteiger partial charge in [-0.2, -0.15) is 5.26 Å². The largest absolute Gasteiger partial charge is 0.410 e. The minimum absolute atomic E-state index is 0.163. The SMILES string of the molecule is N#Cc1cccc(-c2ccccc2-c2nc(-c3ccccc3)nc(-c3ccc(-c4cccc(C5=CC=C(c6ccccc6)C(=N)/C5=N\O)c4)cc3)n2)c1. The second-order valence-electron chi connectivity index (χ2n) is 12.4. The minimum atomic E-state index is 0.163. The number of nitrogens with zero attached hydrogens (tertiary/aromatic N) is 5. The second kappa shape index (κ2) is 14.4. The molecule has 7 nitrogen and oxygen atoms in total. The Bertz CT molecular complexity index is 2640. The van der Waals surface area contributed by atoms with E-state index in [0.717, 1.165) is 50.1 Å². The number of allylic oxidation sites excluding steroid dienone is 4. The third kappa shape index (κ3) is 6.56. The molecule has 0 saturated heterocycles. The van der Waals surface area contributed by atoms with E-state index >= 15 is 0 Å². The van der Waals surface area contributed by atoms with Gasteiger partial charge < -0.3 is 5.21 Å². The van der Waals surface area contributed by atoms with E-state index in [1.54, 1.807) is 6.07 Å². The smallest absolute Gasteiger partial charge is 0.164 e. The summed E-state index contributed by atoms with van der Waals surface area (Å²) in [5.41, 5.74) is 10.3. The monoisotopic (exact) mass is 682 g/mol. The molecule has 0 spiro atoms. The van der Waals surface area contributed by atoms with E-state index in [4.69, 9.17) is 20.4 Å². The van der Waals surface area contributed by atoms with E-state index in [2.05, 4.69) is 11.2 Å². The average Bonchev–Trinajstić information content (AvgIpc) is 3.24. The summed E-state index contributed by atoms with van der Waals surface area (Å²) in [6, 6.07) is 53.3. The van der Waals surface area contributed by atoms with Gasteiger partial charge in [-0.1, -0.05) is 157 Å². The lowest BCUT2D eigenvalue weighted by Crippen LogP contribution is -2.20. The number of benzene rings is 6. The highest BCUT2D eigenvalue weighted by Gasteiger charge is 2.24. The van der Waals surface area contributed by atoms with Crippen LogP contribution in [-0.4, -0.2) is 31.6 Å². The minimum Gasteiger partial charge on any atom is -0.410 e. The zero-order chi connectivity index (χ0) is 36.1. The maximum atomic E-state index is 10.0. The Morgan fingerprint density at radius 3 is 1.70 bits per heavy atom. The maximum Gasteiger partial charge on any atom is 0.164 e. The topological polar surface area (TPSA) is 119 Å². The number of aromatic nitrogens is 3. The first-order valence-corrected chi connectivity index (χ1v) is 17.0. The van der Waals surface area contributed by atoms with Crippen molar-refractivity contribution in [3.05, 3.63) is 187 Å². The van der Waals surface area contributed by atoms with E-state index in [9.17, 15) is 10.5 Å². The van der Waals surface area contributed by atoms with Crippen LogP contribution in [0.4, 0.5) is 0 Å². The predicted octanol–water partition coefficient (Wildman–Crippen LogP) is 10.4. The molecule has 0 aliphatic heterocycles. The van der Waals surface area contributed by atoms with Gasteiger partial charge in [0.1, 0.15) is 5.71 Å². The van der Waals surface area contributed by atoms with Gasteiger partial charge in [0.15, 0.2) is 17.5 Å². The molecule has 0 amide bonds. The van der Waals surface area contributed by atoms with Crippen molar-refractivity contribution in [2.24, 2.45) is 5.16 Å². The van der Waals surface area contributed by atoms with Crippen molar-refractivity contribution < 1.29 is 5.21 Å². The number of nitriles is 1. The average molecular weight is 683 g/mol. The van der Waals surface area contributed by atoms with Crippen molar-refractivity contribution in [3.63, 3.8) is 0 Å². The van der Waals surface area contributed by atoms with Crippen LogP contribution < -0.4 is 0 Å². The highest BCUT2D eigenvalue weighted by molar-refractivity contribution is 6.69. The van der Waals surface area contributed by atoms with E-state index in [-0.39, 0.29) is 11.4 Å². The van der Waals surface area contributed by atoms with Crippen LogP contribution in [0.15, 0.2) is 175 Å². The molecule has 0 fully saturated rings. The highest BCUT2D eigenvalue weighted by atomic mass is 16.4. The molecule has 6 aromatic carbocycles. The normalized spacial score (nSPS) is 13.3. The summed E-state index contributed by atoms with van der Waals surface area (Å²) >= 11 is 0. The van der Waals surface area contributed by atoms with Gasteiger partial charge in [0.05, 0.1) is 17.3 Å². The lowest BCUT2D eigenvalue weighted by molar-refractivity contribution is 0.321. The number of hydrogen-bond donors (Lipinski definition) is 2. The fraction of sp³-hybridized carbons (Fsp3) is 0. The molecule has 8 rings (SSSR count). The molecule has 0 bridgehead atoms. The second-order valence-corrected chi connectivity index (χ2v) is 12.4. The number of rotatable bonds is 7.